The maximum atomic E-state index is 12.5. The SMILES string of the molecule is COc1ccccc1[C@H](CNC(=O)COc1ccccc1-c1ccccc1)N(C)C. The number of amides is 1. The average Bonchev–Trinajstić information content (AvgIpc) is 2.78. The normalized spacial score (nSPS) is 11.7. The van der Waals surface area contributed by atoms with E-state index in [9.17, 15) is 4.79 Å². The zero-order valence-corrected chi connectivity index (χ0v) is 17.7. The van der Waals surface area contributed by atoms with Crippen LogP contribution in [-0.2, 0) is 4.79 Å². The molecule has 0 aliphatic heterocycles. The lowest BCUT2D eigenvalue weighted by Crippen LogP contribution is -2.37. The molecule has 1 N–H and O–H groups in total. The smallest absolute Gasteiger partial charge is 0.258 e. The van der Waals surface area contributed by atoms with Gasteiger partial charge in [-0.15, -0.1) is 0 Å². The Hall–Kier alpha value is -3.31. The van der Waals surface area contributed by atoms with Gasteiger partial charge in [0.15, 0.2) is 6.61 Å². The van der Waals surface area contributed by atoms with E-state index in [0.717, 1.165) is 22.4 Å². The van der Waals surface area contributed by atoms with E-state index in [1.807, 2.05) is 93.0 Å². The predicted molar refractivity (Wildman–Crippen MR) is 120 cm³/mol. The van der Waals surface area contributed by atoms with E-state index >= 15 is 0 Å². The molecule has 0 saturated heterocycles. The summed E-state index contributed by atoms with van der Waals surface area (Å²) in [6.07, 6.45) is 0. The van der Waals surface area contributed by atoms with Gasteiger partial charge in [-0.05, 0) is 31.8 Å². The minimum atomic E-state index is -0.167. The fourth-order valence-corrected chi connectivity index (χ4v) is 3.37. The van der Waals surface area contributed by atoms with Gasteiger partial charge < -0.3 is 19.7 Å². The summed E-state index contributed by atoms with van der Waals surface area (Å²) in [6.45, 7) is 0.409. The fraction of sp³-hybridized carbons (Fsp3) is 0.240. The van der Waals surface area contributed by atoms with Crippen molar-refractivity contribution in [3.05, 3.63) is 84.4 Å². The number of hydrogen-bond donors (Lipinski definition) is 1. The topological polar surface area (TPSA) is 50.8 Å². The molecular weight excluding hydrogens is 376 g/mol. The predicted octanol–water partition coefficient (Wildman–Crippen LogP) is 4.16. The molecule has 3 aromatic rings. The lowest BCUT2D eigenvalue weighted by Gasteiger charge is -2.26. The molecule has 156 valence electrons. The van der Waals surface area contributed by atoms with Crippen molar-refractivity contribution in [2.24, 2.45) is 0 Å². The van der Waals surface area contributed by atoms with Crippen molar-refractivity contribution in [3.8, 4) is 22.6 Å². The van der Waals surface area contributed by atoms with Gasteiger partial charge in [0.1, 0.15) is 11.5 Å². The molecule has 0 unspecified atom stereocenters. The summed E-state index contributed by atoms with van der Waals surface area (Å²) in [5.41, 5.74) is 3.05. The number of carbonyl (C=O) groups is 1. The summed E-state index contributed by atoms with van der Waals surface area (Å²) in [6, 6.07) is 25.6. The number of likely N-dealkylation sites (N-methyl/N-ethyl adjacent to an activating group) is 1. The van der Waals surface area contributed by atoms with Crippen molar-refractivity contribution in [1.29, 1.82) is 0 Å². The monoisotopic (exact) mass is 404 g/mol. The number of carbonyl (C=O) groups excluding carboxylic acids is 1. The molecule has 5 nitrogen and oxygen atoms in total. The van der Waals surface area contributed by atoms with Gasteiger partial charge in [0.05, 0.1) is 13.2 Å². The van der Waals surface area contributed by atoms with E-state index in [1.54, 1.807) is 7.11 Å². The molecule has 1 atom stereocenters. The number of nitrogens with zero attached hydrogens (tertiary/aromatic N) is 1. The minimum Gasteiger partial charge on any atom is -0.496 e. The van der Waals surface area contributed by atoms with Crippen LogP contribution in [0.4, 0.5) is 0 Å². The Labute approximate surface area is 178 Å². The Morgan fingerprint density at radius 1 is 0.900 bits per heavy atom. The molecule has 3 rings (SSSR count). The van der Waals surface area contributed by atoms with Crippen molar-refractivity contribution >= 4 is 5.91 Å². The van der Waals surface area contributed by atoms with Crippen LogP contribution >= 0.6 is 0 Å². The molecule has 3 aromatic carbocycles. The molecule has 1 amide bonds. The van der Waals surface area contributed by atoms with Crippen LogP contribution in [0.5, 0.6) is 11.5 Å². The number of hydrogen-bond acceptors (Lipinski definition) is 4. The van der Waals surface area contributed by atoms with Crippen LogP contribution in [-0.4, -0.2) is 45.2 Å². The summed E-state index contributed by atoms with van der Waals surface area (Å²) in [7, 11) is 5.62. The molecule has 5 heteroatoms. The highest BCUT2D eigenvalue weighted by atomic mass is 16.5. The van der Waals surface area contributed by atoms with Crippen molar-refractivity contribution < 1.29 is 14.3 Å². The Kier molecular flexibility index (Phi) is 7.46. The van der Waals surface area contributed by atoms with Crippen LogP contribution in [0.1, 0.15) is 11.6 Å². The van der Waals surface area contributed by atoms with Gasteiger partial charge in [0.2, 0.25) is 0 Å². The highest BCUT2D eigenvalue weighted by Crippen LogP contribution is 2.30. The Bertz CT molecular complexity index is 957. The molecule has 0 aliphatic carbocycles. The van der Waals surface area contributed by atoms with E-state index in [0.29, 0.717) is 12.3 Å². The second kappa shape index (κ2) is 10.5. The molecular formula is C25H28N2O3. The summed E-state index contributed by atoms with van der Waals surface area (Å²) < 4.78 is 11.3. The number of ether oxygens (including phenoxy) is 2. The standard InChI is InChI=1S/C25H28N2O3/c1-27(2)22(21-14-8-9-15-23(21)29-3)17-26-25(28)18-30-24-16-10-7-13-20(24)19-11-5-4-6-12-19/h4-16,22H,17-18H2,1-3H3,(H,26,28)/t22-/m0/s1. The second-order valence-corrected chi connectivity index (χ2v) is 7.18. The highest BCUT2D eigenvalue weighted by Gasteiger charge is 2.19. The van der Waals surface area contributed by atoms with Crippen LogP contribution in [0.3, 0.4) is 0 Å². The van der Waals surface area contributed by atoms with Crippen molar-refractivity contribution in [1.82, 2.24) is 10.2 Å². The van der Waals surface area contributed by atoms with Gasteiger partial charge in [-0.2, -0.15) is 0 Å². The first-order valence-corrected chi connectivity index (χ1v) is 9.93. The first-order chi connectivity index (χ1) is 14.6. The third-order valence-corrected chi connectivity index (χ3v) is 4.94. The summed E-state index contributed by atoms with van der Waals surface area (Å²) in [5, 5.41) is 2.98. The lowest BCUT2D eigenvalue weighted by molar-refractivity contribution is -0.123. The van der Waals surface area contributed by atoms with Crippen molar-refractivity contribution in [2.45, 2.75) is 6.04 Å². The maximum Gasteiger partial charge on any atom is 0.258 e. The minimum absolute atomic E-state index is 0.0123. The van der Waals surface area contributed by atoms with Gasteiger partial charge in [0.25, 0.3) is 5.91 Å². The molecule has 0 bridgehead atoms. The van der Waals surface area contributed by atoms with Gasteiger partial charge >= 0.3 is 0 Å². The average molecular weight is 405 g/mol. The second-order valence-electron chi connectivity index (χ2n) is 7.18. The van der Waals surface area contributed by atoms with Crippen LogP contribution in [0.2, 0.25) is 0 Å². The molecule has 0 aliphatic rings. The molecule has 0 aromatic heterocycles. The first-order valence-electron chi connectivity index (χ1n) is 9.93. The van der Waals surface area contributed by atoms with Crippen molar-refractivity contribution in [2.75, 3.05) is 34.4 Å². The number of methoxy groups -OCH3 is 1. The third-order valence-electron chi connectivity index (χ3n) is 4.94. The van der Waals surface area contributed by atoms with Crippen LogP contribution in [0.25, 0.3) is 11.1 Å². The Morgan fingerprint density at radius 3 is 2.23 bits per heavy atom. The van der Waals surface area contributed by atoms with E-state index in [-0.39, 0.29) is 18.6 Å². The number of nitrogens with one attached hydrogen (secondary N) is 1. The molecule has 0 saturated carbocycles. The third kappa shape index (κ3) is 5.39. The summed E-state index contributed by atoms with van der Waals surface area (Å²) in [4.78, 5) is 14.6. The summed E-state index contributed by atoms with van der Waals surface area (Å²) in [5.74, 6) is 1.32. The molecule has 0 heterocycles. The summed E-state index contributed by atoms with van der Waals surface area (Å²) >= 11 is 0. The Balaban J connectivity index is 1.63. The van der Waals surface area contributed by atoms with E-state index < -0.39 is 0 Å². The van der Waals surface area contributed by atoms with Gasteiger partial charge in [-0.1, -0.05) is 66.7 Å². The van der Waals surface area contributed by atoms with Gasteiger partial charge in [-0.25, -0.2) is 0 Å². The first kappa shape index (κ1) is 21.4. The van der Waals surface area contributed by atoms with Crippen molar-refractivity contribution in [3.63, 3.8) is 0 Å². The Morgan fingerprint density at radius 2 is 1.53 bits per heavy atom. The van der Waals surface area contributed by atoms with E-state index in [4.69, 9.17) is 9.47 Å². The van der Waals surface area contributed by atoms with Crippen LogP contribution in [0, 0.1) is 0 Å². The quantitative estimate of drug-likeness (QED) is 0.582. The zero-order chi connectivity index (χ0) is 21.3. The molecule has 30 heavy (non-hydrogen) atoms. The molecule has 0 spiro atoms. The molecule has 0 radical (unpaired) electrons. The largest absolute Gasteiger partial charge is 0.496 e. The van der Waals surface area contributed by atoms with E-state index in [1.165, 1.54) is 0 Å². The van der Waals surface area contributed by atoms with Crippen LogP contribution < -0.4 is 14.8 Å². The fourth-order valence-electron chi connectivity index (χ4n) is 3.37. The molecule has 0 fully saturated rings. The maximum absolute atomic E-state index is 12.5. The zero-order valence-electron chi connectivity index (χ0n) is 17.7. The highest BCUT2D eigenvalue weighted by molar-refractivity contribution is 5.78. The van der Waals surface area contributed by atoms with Gasteiger partial charge in [-0.3, -0.25) is 4.79 Å². The number of rotatable bonds is 9. The van der Waals surface area contributed by atoms with Crippen LogP contribution in [0.15, 0.2) is 78.9 Å². The van der Waals surface area contributed by atoms with E-state index in [2.05, 4.69) is 10.2 Å². The van der Waals surface area contributed by atoms with Gasteiger partial charge in [0, 0.05) is 17.7 Å². The number of para-hydroxylation sites is 2. The lowest BCUT2D eigenvalue weighted by atomic mass is 10.0. The number of benzene rings is 3.